The lowest BCUT2D eigenvalue weighted by Crippen LogP contribution is -2.24. The maximum absolute atomic E-state index is 12.2. The van der Waals surface area contributed by atoms with Gasteiger partial charge < -0.3 is 9.73 Å². The number of amides is 2. The molecule has 134 valence electrons. The van der Waals surface area contributed by atoms with Gasteiger partial charge in [0.2, 0.25) is 0 Å². The smallest absolute Gasteiger partial charge is 0.287 e. The lowest BCUT2D eigenvalue weighted by molar-refractivity contribution is 0.0926. The number of rotatable bonds is 5. The van der Waals surface area contributed by atoms with Crippen molar-refractivity contribution in [2.45, 2.75) is 26.2 Å². The van der Waals surface area contributed by atoms with Crippen molar-refractivity contribution in [3.8, 4) is 0 Å². The molecular formula is C19H20N4O3. The zero-order valence-electron chi connectivity index (χ0n) is 14.5. The highest BCUT2D eigenvalue weighted by Gasteiger charge is 2.27. The van der Waals surface area contributed by atoms with Crippen LogP contribution in [-0.4, -0.2) is 29.1 Å². The summed E-state index contributed by atoms with van der Waals surface area (Å²) in [5.74, 6) is 0.398. The number of hydrogen-bond donors (Lipinski definition) is 2. The Morgan fingerprint density at radius 2 is 2.23 bits per heavy atom. The minimum Gasteiger partial charge on any atom is -0.455 e. The van der Waals surface area contributed by atoms with E-state index in [1.54, 1.807) is 24.4 Å². The van der Waals surface area contributed by atoms with Crippen LogP contribution < -0.4 is 10.7 Å². The van der Waals surface area contributed by atoms with Gasteiger partial charge in [0.15, 0.2) is 5.76 Å². The Bertz CT molecular complexity index is 868. The molecule has 0 unspecified atom stereocenters. The number of fused-ring (bicyclic) bond motifs is 1. The molecule has 7 heteroatoms. The maximum atomic E-state index is 12.2. The molecular weight excluding hydrogens is 332 g/mol. The highest BCUT2D eigenvalue weighted by molar-refractivity contribution is 6.07. The van der Waals surface area contributed by atoms with Crippen LogP contribution in [0.5, 0.6) is 0 Å². The predicted octanol–water partition coefficient (Wildman–Crippen LogP) is 2.37. The first-order chi connectivity index (χ1) is 12.6. The summed E-state index contributed by atoms with van der Waals surface area (Å²) in [6.45, 7) is 5.78. The summed E-state index contributed by atoms with van der Waals surface area (Å²) in [4.78, 5) is 28.3. The fourth-order valence-corrected chi connectivity index (χ4v) is 2.92. The number of carbonyl (C=O) groups is 2. The zero-order chi connectivity index (χ0) is 18.5. The summed E-state index contributed by atoms with van der Waals surface area (Å²) in [5, 5.41) is 7.00. The summed E-state index contributed by atoms with van der Waals surface area (Å²) >= 11 is 0. The van der Waals surface area contributed by atoms with Crippen LogP contribution in [0, 0.1) is 6.92 Å². The van der Waals surface area contributed by atoms with Gasteiger partial charge in [-0.2, -0.15) is 5.10 Å². The van der Waals surface area contributed by atoms with Crippen molar-refractivity contribution in [2.24, 2.45) is 5.10 Å². The second-order valence-corrected chi connectivity index (χ2v) is 5.95. The molecule has 0 spiro atoms. The molecule has 0 aliphatic heterocycles. The van der Waals surface area contributed by atoms with Gasteiger partial charge in [-0.05, 0) is 31.9 Å². The van der Waals surface area contributed by atoms with Gasteiger partial charge in [-0.1, -0.05) is 6.08 Å². The summed E-state index contributed by atoms with van der Waals surface area (Å²) in [6, 6.07) is 3.36. The molecule has 0 atom stereocenters. The number of aromatic nitrogens is 1. The fourth-order valence-electron chi connectivity index (χ4n) is 2.92. The van der Waals surface area contributed by atoms with Crippen molar-refractivity contribution in [1.29, 1.82) is 0 Å². The number of nitrogens with zero attached hydrogens (tertiary/aromatic N) is 2. The summed E-state index contributed by atoms with van der Waals surface area (Å²) < 4.78 is 5.77. The molecule has 26 heavy (non-hydrogen) atoms. The third kappa shape index (κ3) is 3.56. The van der Waals surface area contributed by atoms with Gasteiger partial charge in [-0.25, -0.2) is 5.43 Å². The molecule has 0 saturated carbocycles. The summed E-state index contributed by atoms with van der Waals surface area (Å²) in [6.07, 6.45) is 6.97. The molecule has 0 aromatic carbocycles. The van der Waals surface area contributed by atoms with Crippen molar-refractivity contribution >= 4 is 17.5 Å². The fraction of sp³-hybridized carbons (Fsp3) is 0.263. The van der Waals surface area contributed by atoms with E-state index in [1.165, 1.54) is 6.20 Å². The number of carbonyl (C=O) groups excluding carboxylic acids is 2. The van der Waals surface area contributed by atoms with Crippen LogP contribution in [0.2, 0.25) is 0 Å². The van der Waals surface area contributed by atoms with E-state index >= 15 is 0 Å². The van der Waals surface area contributed by atoms with E-state index < -0.39 is 0 Å². The first kappa shape index (κ1) is 17.6. The Kier molecular flexibility index (Phi) is 5.26. The summed E-state index contributed by atoms with van der Waals surface area (Å²) in [5.41, 5.74) is 5.25. The lowest BCUT2D eigenvalue weighted by Gasteiger charge is -2.13. The number of aryl methyl sites for hydroxylation is 1. The summed E-state index contributed by atoms with van der Waals surface area (Å²) in [7, 11) is 0. The van der Waals surface area contributed by atoms with E-state index in [9.17, 15) is 9.59 Å². The first-order valence-corrected chi connectivity index (χ1v) is 8.40. The van der Waals surface area contributed by atoms with Gasteiger partial charge in [0, 0.05) is 36.5 Å². The lowest BCUT2D eigenvalue weighted by atomic mass is 9.93. The molecule has 2 aromatic rings. The van der Waals surface area contributed by atoms with Crippen molar-refractivity contribution in [3.05, 3.63) is 65.4 Å². The monoisotopic (exact) mass is 352 g/mol. The van der Waals surface area contributed by atoms with E-state index in [-0.39, 0.29) is 17.6 Å². The van der Waals surface area contributed by atoms with Crippen LogP contribution in [0.25, 0.3) is 0 Å². The van der Waals surface area contributed by atoms with Gasteiger partial charge >= 0.3 is 0 Å². The number of nitrogens with one attached hydrogen (secondary N) is 2. The van der Waals surface area contributed by atoms with Gasteiger partial charge in [-0.3, -0.25) is 14.6 Å². The quantitative estimate of drug-likeness (QED) is 0.638. The highest BCUT2D eigenvalue weighted by Crippen LogP contribution is 2.29. The molecule has 2 amide bonds. The SMILES string of the molecule is C=CCNC(=O)c1oc2c(c1C)/C(=N/NC(=O)c1cccnc1)CCC2. The number of pyridine rings is 1. The Morgan fingerprint density at radius 1 is 1.38 bits per heavy atom. The standard InChI is InChI=1S/C19H20N4O3/c1-3-9-21-19(25)17-12(2)16-14(7-4-8-15(16)26-17)22-23-18(24)13-6-5-10-20-11-13/h3,5-6,10-11H,1,4,7-9H2,2H3,(H,21,25)(H,23,24)/b22-14+. The zero-order valence-corrected chi connectivity index (χ0v) is 14.5. The minimum atomic E-state index is -0.331. The van der Waals surface area contributed by atoms with Crippen LogP contribution in [0.3, 0.4) is 0 Å². The normalized spacial score (nSPS) is 14.6. The van der Waals surface area contributed by atoms with Crippen molar-refractivity contribution < 1.29 is 14.0 Å². The highest BCUT2D eigenvalue weighted by atomic mass is 16.4. The van der Waals surface area contributed by atoms with E-state index in [0.717, 1.165) is 29.7 Å². The van der Waals surface area contributed by atoms with Gasteiger partial charge in [0.1, 0.15) is 5.76 Å². The number of hydrazone groups is 1. The van der Waals surface area contributed by atoms with E-state index in [2.05, 4.69) is 27.4 Å². The van der Waals surface area contributed by atoms with Crippen LogP contribution >= 0.6 is 0 Å². The molecule has 7 nitrogen and oxygen atoms in total. The average molecular weight is 352 g/mol. The maximum Gasteiger partial charge on any atom is 0.287 e. The number of furan rings is 1. The number of hydrogen-bond acceptors (Lipinski definition) is 5. The second kappa shape index (κ2) is 7.77. The molecule has 2 heterocycles. The average Bonchev–Trinajstić information content (AvgIpc) is 3.02. The third-order valence-electron chi connectivity index (χ3n) is 4.16. The van der Waals surface area contributed by atoms with Crippen molar-refractivity contribution in [3.63, 3.8) is 0 Å². The van der Waals surface area contributed by atoms with Crippen molar-refractivity contribution in [1.82, 2.24) is 15.7 Å². The molecule has 0 bridgehead atoms. The first-order valence-electron chi connectivity index (χ1n) is 8.40. The second-order valence-electron chi connectivity index (χ2n) is 5.95. The third-order valence-corrected chi connectivity index (χ3v) is 4.16. The van der Waals surface area contributed by atoms with Crippen LogP contribution in [0.15, 0.2) is 46.7 Å². The molecule has 0 radical (unpaired) electrons. The van der Waals surface area contributed by atoms with E-state index in [4.69, 9.17) is 4.42 Å². The van der Waals surface area contributed by atoms with Gasteiger partial charge in [0.05, 0.1) is 11.3 Å². The van der Waals surface area contributed by atoms with Gasteiger partial charge in [0.25, 0.3) is 11.8 Å². The molecule has 0 fully saturated rings. The van der Waals surface area contributed by atoms with Crippen LogP contribution in [0.4, 0.5) is 0 Å². The van der Waals surface area contributed by atoms with Crippen LogP contribution in [-0.2, 0) is 6.42 Å². The molecule has 1 aliphatic rings. The Hall–Kier alpha value is -3.22. The molecule has 3 rings (SSSR count). The Labute approximate surface area is 151 Å². The minimum absolute atomic E-state index is 0.282. The molecule has 0 saturated heterocycles. The Morgan fingerprint density at radius 3 is 2.96 bits per heavy atom. The molecule has 1 aliphatic carbocycles. The van der Waals surface area contributed by atoms with Gasteiger partial charge in [-0.15, -0.1) is 6.58 Å². The van der Waals surface area contributed by atoms with E-state index in [0.29, 0.717) is 24.2 Å². The molecule has 2 N–H and O–H groups in total. The van der Waals surface area contributed by atoms with Crippen LogP contribution in [0.1, 0.15) is 50.6 Å². The largest absolute Gasteiger partial charge is 0.455 e. The predicted molar refractivity (Wildman–Crippen MR) is 97.2 cm³/mol. The van der Waals surface area contributed by atoms with Crippen molar-refractivity contribution in [2.75, 3.05) is 6.54 Å². The molecule has 2 aromatic heterocycles. The Balaban J connectivity index is 1.84. The van der Waals surface area contributed by atoms with E-state index in [1.807, 2.05) is 6.92 Å². The topological polar surface area (TPSA) is 96.6 Å².